The van der Waals surface area contributed by atoms with Crippen molar-refractivity contribution in [3.05, 3.63) is 67.6 Å². The molecule has 2 aliphatic rings. The van der Waals surface area contributed by atoms with Gasteiger partial charge in [-0.25, -0.2) is 0 Å². The van der Waals surface area contributed by atoms with E-state index in [9.17, 15) is 18.0 Å². The van der Waals surface area contributed by atoms with Crippen molar-refractivity contribution in [3.8, 4) is 0 Å². The summed E-state index contributed by atoms with van der Waals surface area (Å²) in [4.78, 5) is 27.7. The summed E-state index contributed by atoms with van der Waals surface area (Å²) in [6.07, 6.45) is 3.74. The number of benzene rings is 2. The highest BCUT2D eigenvalue weighted by Crippen LogP contribution is 2.43. The lowest BCUT2D eigenvalue weighted by molar-refractivity contribution is -0.158. The largest absolute Gasteiger partial charge is 0.362 e. The number of nitrogens with zero attached hydrogens (tertiary/aromatic N) is 2. The molecule has 2 fully saturated rings. The van der Waals surface area contributed by atoms with Crippen molar-refractivity contribution in [1.82, 2.24) is 9.80 Å². The van der Waals surface area contributed by atoms with Gasteiger partial charge in [-0.3, -0.25) is 19.0 Å². The summed E-state index contributed by atoms with van der Waals surface area (Å²) in [5.41, 5.74) is 5.20. The third-order valence-electron chi connectivity index (χ3n) is 6.99. The second-order valence-corrected chi connectivity index (χ2v) is 13.4. The maximum Gasteiger partial charge on any atom is 0.261 e. The highest BCUT2D eigenvalue weighted by molar-refractivity contribution is 9.10. The van der Waals surface area contributed by atoms with E-state index in [2.05, 4.69) is 87.0 Å². The van der Waals surface area contributed by atoms with Gasteiger partial charge in [-0.15, -0.1) is 0 Å². The topological polar surface area (TPSA) is 104 Å². The molecule has 0 aromatic heterocycles. The molecule has 4 rings (SSSR count). The number of rotatable bonds is 7. The highest BCUT2D eigenvalue weighted by atomic mass is 79.9. The SMILES string of the molecule is CS(=O)(=O)O.Cc1ccc(C(c2ccc(C)cc2Br)C2CCN(CCCN3C(=O)COCC3=O)CC2)c(Br)c1. The maximum absolute atomic E-state index is 11.9. The van der Waals surface area contributed by atoms with Crippen LogP contribution in [0, 0.1) is 19.8 Å². The van der Waals surface area contributed by atoms with Crippen molar-refractivity contribution in [2.75, 3.05) is 45.6 Å². The Morgan fingerprint density at radius 1 is 0.923 bits per heavy atom. The molecule has 2 heterocycles. The van der Waals surface area contributed by atoms with Gasteiger partial charge in [-0.1, -0.05) is 56.1 Å². The number of aryl methyl sites for hydroxylation is 2. The molecule has 2 saturated heterocycles. The molecule has 0 radical (unpaired) electrons. The van der Waals surface area contributed by atoms with Crippen LogP contribution in [0.1, 0.15) is 47.4 Å². The molecule has 0 aliphatic carbocycles. The summed E-state index contributed by atoms with van der Waals surface area (Å²) in [5, 5.41) is 0. The first-order valence-corrected chi connectivity index (χ1v) is 16.3. The van der Waals surface area contributed by atoms with Gasteiger partial charge in [0.05, 0.1) is 6.26 Å². The van der Waals surface area contributed by atoms with E-state index in [4.69, 9.17) is 9.29 Å². The molecule has 0 spiro atoms. The lowest BCUT2D eigenvalue weighted by Gasteiger charge is -2.37. The molecule has 2 amide bonds. The number of piperidine rings is 1. The summed E-state index contributed by atoms with van der Waals surface area (Å²) >= 11 is 7.70. The number of imide groups is 1. The Labute approximate surface area is 248 Å². The zero-order valence-corrected chi connectivity index (χ0v) is 26.5. The second kappa shape index (κ2) is 14.3. The molecule has 1 N–H and O–H groups in total. The van der Waals surface area contributed by atoms with Crippen LogP contribution >= 0.6 is 31.9 Å². The molecular formula is C28H36Br2N2O6S. The maximum atomic E-state index is 11.9. The van der Waals surface area contributed by atoms with Crippen LogP contribution in [0.15, 0.2) is 45.3 Å². The lowest BCUT2D eigenvalue weighted by atomic mass is 9.76. The van der Waals surface area contributed by atoms with E-state index < -0.39 is 10.1 Å². The minimum absolute atomic E-state index is 0.0155. The number of amides is 2. The number of likely N-dealkylation sites (tertiary alicyclic amines) is 1. The van der Waals surface area contributed by atoms with E-state index in [1.54, 1.807) is 0 Å². The van der Waals surface area contributed by atoms with E-state index in [0.717, 1.165) is 38.9 Å². The number of carbonyl (C=O) groups is 2. The minimum atomic E-state index is -3.67. The fourth-order valence-corrected chi connectivity index (χ4v) is 6.66. The standard InChI is InChI=1S/C27H32Br2N2O3.CH4O3S/c1-18-4-6-21(23(28)14-18)27(22-7-5-19(2)15-24(22)29)20-8-12-30(13-9-20)10-3-11-31-25(32)16-34-17-26(31)33;1-5(2,3)4/h4-7,14-15,20,27H,3,8-13,16-17H2,1-2H3;1H3,(H,2,3,4). The Hall–Kier alpha value is -1.63. The van der Waals surface area contributed by atoms with Crippen LogP contribution < -0.4 is 0 Å². The Morgan fingerprint density at radius 3 is 1.82 bits per heavy atom. The Bertz CT molecular complexity index is 1200. The zero-order chi connectivity index (χ0) is 28.7. The molecule has 8 nitrogen and oxygen atoms in total. The van der Waals surface area contributed by atoms with Gasteiger partial charge in [0.15, 0.2) is 0 Å². The number of hydrogen-bond acceptors (Lipinski definition) is 6. The van der Waals surface area contributed by atoms with Crippen molar-refractivity contribution in [3.63, 3.8) is 0 Å². The number of halogens is 2. The first-order chi connectivity index (χ1) is 18.3. The Morgan fingerprint density at radius 2 is 1.38 bits per heavy atom. The normalized spacial score (nSPS) is 17.4. The summed E-state index contributed by atoms with van der Waals surface area (Å²) in [6.45, 7) is 7.72. The van der Waals surface area contributed by atoms with Crippen LogP contribution in [-0.2, 0) is 24.4 Å². The average molecular weight is 688 g/mol. The fraction of sp³-hybridized carbons (Fsp3) is 0.500. The van der Waals surface area contributed by atoms with Gasteiger partial charge in [0.25, 0.3) is 21.9 Å². The molecule has 39 heavy (non-hydrogen) atoms. The monoisotopic (exact) mass is 686 g/mol. The molecule has 0 bridgehead atoms. The number of morpholine rings is 1. The van der Waals surface area contributed by atoms with Crippen molar-refractivity contribution in [2.24, 2.45) is 5.92 Å². The molecule has 0 unspecified atom stereocenters. The number of hydrogen-bond donors (Lipinski definition) is 1. The van der Waals surface area contributed by atoms with Crippen LogP contribution in [0.3, 0.4) is 0 Å². The molecule has 0 atom stereocenters. The van der Waals surface area contributed by atoms with Crippen LogP contribution in [0.4, 0.5) is 0 Å². The van der Waals surface area contributed by atoms with E-state index in [1.807, 2.05) is 0 Å². The fourth-order valence-electron chi connectivity index (χ4n) is 5.18. The Balaban J connectivity index is 0.000000771. The third kappa shape index (κ3) is 9.75. The first kappa shape index (κ1) is 31.9. The van der Waals surface area contributed by atoms with Gasteiger partial charge in [0.1, 0.15) is 13.2 Å². The van der Waals surface area contributed by atoms with Gasteiger partial charge in [-0.2, -0.15) is 8.42 Å². The van der Waals surface area contributed by atoms with Crippen LogP contribution in [0.5, 0.6) is 0 Å². The smallest absolute Gasteiger partial charge is 0.261 e. The average Bonchev–Trinajstić information content (AvgIpc) is 2.83. The number of carbonyl (C=O) groups excluding carboxylic acids is 2. The van der Waals surface area contributed by atoms with Crippen molar-refractivity contribution >= 4 is 53.8 Å². The molecule has 214 valence electrons. The molecule has 2 aromatic carbocycles. The van der Waals surface area contributed by atoms with Crippen molar-refractivity contribution in [1.29, 1.82) is 0 Å². The summed E-state index contributed by atoms with van der Waals surface area (Å²) in [5.74, 6) is 0.419. The predicted octanol–water partition coefficient (Wildman–Crippen LogP) is 4.95. The van der Waals surface area contributed by atoms with Crippen LogP contribution in [0.25, 0.3) is 0 Å². The molecule has 2 aromatic rings. The van der Waals surface area contributed by atoms with Gasteiger partial charge < -0.3 is 9.64 Å². The summed E-state index contributed by atoms with van der Waals surface area (Å²) < 4.78 is 33.2. The van der Waals surface area contributed by atoms with E-state index >= 15 is 0 Å². The molecule has 2 aliphatic heterocycles. The summed E-state index contributed by atoms with van der Waals surface area (Å²) in [7, 11) is -3.67. The highest BCUT2D eigenvalue weighted by Gasteiger charge is 2.32. The molecule has 11 heteroatoms. The van der Waals surface area contributed by atoms with Crippen LogP contribution in [-0.4, -0.2) is 80.2 Å². The van der Waals surface area contributed by atoms with Gasteiger partial charge in [0, 0.05) is 21.4 Å². The molecule has 0 saturated carbocycles. The van der Waals surface area contributed by atoms with Gasteiger partial charge in [-0.05, 0) is 93.0 Å². The lowest BCUT2D eigenvalue weighted by Crippen LogP contribution is -2.47. The van der Waals surface area contributed by atoms with Crippen molar-refractivity contribution < 1.29 is 27.3 Å². The number of ether oxygens (including phenoxy) is 1. The summed E-state index contributed by atoms with van der Waals surface area (Å²) in [6, 6.07) is 13.4. The van der Waals surface area contributed by atoms with E-state index in [-0.39, 0.29) is 25.0 Å². The van der Waals surface area contributed by atoms with Gasteiger partial charge in [0.2, 0.25) is 0 Å². The first-order valence-electron chi connectivity index (χ1n) is 12.9. The minimum Gasteiger partial charge on any atom is -0.362 e. The third-order valence-corrected chi connectivity index (χ3v) is 8.37. The second-order valence-electron chi connectivity index (χ2n) is 10.2. The zero-order valence-electron chi connectivity index (χ0n) is 22.5. The van der Waals surface area contributed by atoms with E-state index in [0.29, 0.717) is 24.6 Å². The predicted molar refractivity (Wildman–Crippen MR) is 158 cm³/mol. The molecular weight excluding hydrogens is 652 g/mol. The van der Waals surface area contributed by atoms with E-state index in [1.165, 1.54) is 36.1 Å². The Kier molecular flexibility index (Phi) is 11.7. The van der Waals surface area contributed by atoms with Gasteiger partial charge >= 0.3 is 0 Å². The quantitative estimate of drug-likeness (QED) is 0.325. The van der Waals surface area contributed by atoms with Crippen LogP contribution in [0.2, 0.25) is 0 Å². The van der Waals surface area contributed by atoms with Crippen molar-refractivity contribution in [2.45, 2.75) is 39.0 Å².